The fraction of sp³-hybridized carbons (Fsp3) is 0. The van der Waals surface area contributed by atoms with Gasteiger partial charge in [-0.25, -0.2) is 0 Å². The number of benzene rings is 1. The summed E-state index contributed by atoms with van der Waals surface area (Å²) >= 11 is -2.34. The SMILES string of the molecule is O=S(O)Oc1cc2ccccc2o1. The van der Waals surface area contributed by atoms with E-state index < -0.39 is 11.4 Å². The molecule has 0 spiro atoms. The second kappa shape index (κ2) is 3.20. The second-order valence-corrected chi connectivity index (χ2v) is 3.00. The molecule has 1 atom stereocenters. The molecule has 0 saturated carbocycles. The summed E-state index contributed by atoms with van der Waals surface area (Å²) in [4.78, 5) is 0. The Balaban J connectivity index is 2.44. The number of hydrogen-bond donors (Lipinski definition) is 1. The Morgan fingerprint density at radius 3 is 2.85 bits per heavy atom. The van der Waals surface area contributed by atoms with Crippen LogP contribution >= 0.6 is 0 Å². The molecule has 0 saturated heterocycles. The molecule has 1 heterocycles. The maximum Gasteiger partial charge on any atom is 0.360 e. The summed E-state index contributed by atoms with van der Waals surface area (Å²) in [6.07, 6.45) is 0. The van der Waals surface area contributed by atoms with E-state index in [1.54, 1.807) is 12.1 Å². The van der Waals surface area contributed by atoms with Crippen molar-refractivity contribution in [2.24, 2.45) is 0 Å². The number of rotatable bonds is 2. The number of fused-ring (bicyclic) bond motifs is 1. The van der Waals surface area contributed by atoms with Gasteiger partial charge in [0, 0.05) is 11.5 Å². The summed E-state index contributed by atoms with van der Waals surface area (Å²) in [7, 11) is 0. The van der Waals surface area contributed by atoms with Gasteiger partial charge < -0.3 is 8.60 Å². The van der Waals surface area contributed by atoms with E-state index in [4.69, 9.17) is 8.97 Å². The molecule has 13 heavy (non-hydrogen) atoms. The van der Waals surface area contributed by atoms with Crippen molar-refractivity contribution in [3.05, 3.63) is 30.3 Å². The summed E-state index contributed by atoms with van der Waals surface area (Å²) in [5.41, 5.74) is 0.628. The quantitative estimate of drug-likeness (QED) is 0.749. The molecular formula is C8H6O4S. The van der Waals surface area contributed by atoms with Gasteiger partial charge in [0.2, 0.25) is 0 Å². The van der Waals surface area contributed by atoms with Crippen molar-refractivity contribution in [3.63, 3.8) is 0 Å². The molecular weight excluding hydrogens is 192 g/mol. The van der Waals surface area contributed by atoms with Crippen LogP contribution < -0.4 is 4.18 Å². The molecule has 4 nitrogen and oxygen atoms in total. The van der Waals surface area contributed by atoms with E-state index >= 15 is 0 Å². The summed E-state index contributed by atoms with van der Waals surface area (Å²) in [6, 6.07) is 8.79. The van der Waals surface area contributed by atoms with Crippen molar-refractivity contribution in [1.29, 1.82) is 0 Å². The average Bonchev–Trinajstić information content (AvgIpc) is 2.44. The van der Waals surface area contributed by atoms with Gasteiger partial charge in [-0.05, 0) is 6.07 Å². The second-order valence-electron chi connectivity index (χ2n) is 2.40. The third kappa shape index (κ3) is 1.71. The molecule has 68 valence electrons. The van der Waals surface area contributed by atoms with Crippen molar-refractivity contribution < 1.29 is 17.4 Å². The minimum Gasteiger partial charge on any atom is -0.425 e. The minimum atomic E-state index is -2.34. The van der Waals surface area contributed by atoms with Gasteiger partial charge >= 0.3 is 17.3 Å². The Hall–Kier alpha value is -1.33. The normalized spacial score (nSPS) is 13.0. The first-order valence-electron chi connectivity index (χ1n) is 3.53. The first-order valence-corrected chi connectivity index (χ1v) is 4.56. The maximum absolute atomic E-state index is 10.3. The Labute approximate surface area is 76.6 Å². The zero-order valence-corrected chi connectivity index (χ0v) is 7.28. The van der Waals surface area contributed by atoms with Crippen LogP contribution in [0.2, 0.25) is 0 Å². The highest BCUT2D eigenvalue weighted by molar-refractivity contribution is 7.74. The van der Waals surface area contributed by atoms with Crippen LogP contribution in [0.15, 0.2) is 34.7 Å². The van der Waals surface area contributed by atoms with E-state index in [1.807, 2.05) is 18.2 Å². The van der Waals surface area contributed by atoms with Crippen molar-refractivity contribution in [1.82, 2.24) is 0 Å². The van der Waals surface area contributed by atoms with E-state index in [1.165, 1.54) is 0 Å². The Bertz CT molecular complexity index is 415. The summed E-state index contributed by atoms with van der Waals surface area (Å²) in [6.45, 7) is 0. The largest absolute Gasteiger partial charge is 0.425 e. The van der Waals surface area contributed by atoms with Crippen molar-refractivity contribution in [2.45, 2.75) is 0 Å². The van der Waals surface area contributed by atoms with Gasteiger partial charge in [0.1, 0.15) is 5.58 Å². The fourth-order valence-electron chi connectivity index (χ4n) is 1.07. The lowest BCUT2D eigenvalue weighted by atomic mass is 10.3. The van der Waals surface area contributed by atoms with Crippen LogP contribution in [-0.2, 0) is 11.4 Å². The van der Waals surface area contributed by atoms with Crippen LogP contribution in [0.5, 0.6) is 5.95 Å². The molecule has 2 rings (SSSR count). The van der Waals surface area contributed by atoms with Crippen LogP contribution in [0.3, 0.4) is 0 Å². The minimum absolute atomic E-state index is 0.0435. The van der Waals surface area contributed by atoms with Crippen LogP contribution in [0.25, 0.3) is 11.0 Å². The van der Waals surface area contributed by atoms with Crippen LogP contribution in [0.1, 0.15) is 0 Å². The molecule has 0 fully saturated rings. The number of hydrogen-bond acceptors (Lipinski definition) is 3. The van der Waals surface area contributed by atoms with E-state index in [-0.39, 0.29) is 5.95 Å². The highest BCUT2D eigenvalue weighted by atomic mass is 32.2. The first-order chi connectivity index (χ1) is 6.25. The molecule has 0 aliphatic rings. The predicted molar refractivity (Wildman–Crippen MR) is 47.6 cm³/mol. The Morgan fingerprint density at radius 1 is 1.38 bits per heavy atom. The van der Waals surface area contributed by atoms with Gasteiger partial charge in [0.05, 0.1) is 0 Å². The van der Waals surface area contributed by atoms with Crippen LogP contribution in [-0.4, -0.2) is 8.76 Å². The molecule has 0 radical (unpaired) electrons. The predicted octanol–water partition coefficient (Wildman–Crippen LogP) is 1.95. The molecule has 1 aromatic heterocycles. The third-order valence-corrected chi connectivity index (χ3v) is 1.86. The Kier molecular flexibility index (Phi) is 2.03. The van der Waals surface area contributed by atoms with Crippen molar-refractivity contribution >= 4 is 22.3 Å². The van der Waals surface area contributed by atoms with E-state index in [2.05, 4.69) is 4.18 Å². The topological polar surface area (TPSA) is 59.7 Å². The molecule has 1 N–H and O–H groups in total. The van der Waals surface area contributed by atoms with E-state index in [0.29, 0.717) is 5.58 Å². The number of furan rings is 1. The zero-order chi connectivity index (χ0) is 9.26. The van der Waals surface area contributed by atoms with E-state index in [9.17, 15) is 4.21 Å². The van der Waals surface area contributed by atoms with Gasteiger partial charge in [-0.15, -0.1) is 0 Å². The monoisotopic (exact) mass is 198 g/mol. The first kappa shape index (κ1) is 8.28. The molecule has 0 amide bonds. The lowest BCUT2D eigenvalue weighted by molar-refractivity contribution is 0.384. The molecule has 2 aromatic rings. The average molecular weight is 198 g/mol. The maximum atomic E-state index is 10.3. The highest BCUT2D eigenvalue weighted by Gasteiger charge is 2.05. The van der Waals surface area contributed by atoms with Gasteiger partial charge in [-0.2, -0.15) is 4.21 Å². The van der Waals surface area contributed by atoms with Crippen molar-refractivity contribution in [2.75, 3.05) is 0 Å². The van der Waals surface area contributed by atoms with Gasteiger partial charge in [0.25, 0.3) is 0 Å². The molecule has 1 unspecified atom stereocenters. The standard InChI is InChI=1S/C8H6O4S/c9-13(10)12-8-5-6-3-1-2-4-7(6)11-8/h1-5H,(H,9,10). The lowest BCUT2D eigenvalue weighted by Crippen LogP contribution is -1.95. The van der Waals surface area contributed by atoms with Gasteiger partial charge in [-0.1, -0.05) is 18.2 Å². The molecule has 5 heteroatoms. The zero-order valence-electron chi connectivity index (χ0n) is 6.47. The van der Waals surface area contributed by atoms with Gasteiger partial charge in [0.15, 0.2) is 0 Å². The molecule has 0 bridgehead atoms. The number of para-hydroxylation sites is 1. The highest BCUT2D eigenvalue weighted by Crippen LogP contribution is 2.24. The van der Waals surface area contributed by atoms with Gasteiger partial charge in [-0.3, -0.25) is 4.55 Å². The fourth-order valence-corrected chi connectivity index (χ4v) is 1.29. The van der Waals surface area contributed by atoms with E-state index in [0.717, 1.165) is 5.39 Å². The van der Waals surface area contributed by atoms with Crippen LogP contribution in [0, 0.1) is 0 Å². The summed E-state index contributed by atoms with van der Waals surface area (Å²) in [5, 5.41) is 0.836. The summed E-state index contributed by atoms with van der Waals surface area (Å²) < 4.78 is 28.3. The molecule has 0 aliphatic carbocycles. The molecule has 1 aromatic carbocycles. The third-order valence-electron chi connectivity index (χ3n) is 1.56. The Morgan fingerprint density at radius 2 is 2.15 bits per heavy atom. The smallest absolute Gasteiger partial charge is 0.360 e. The van der Waals surface area contributed by atoms with Crippen LogP contribution in [0.4, 0.5) is 0 Å². The van der Waals surface area contributed by atoms with Crippen molar-refractivity contribution in [3.8, 4) is 5.95 Å². The lowest BCUT2D eigenvalue weighted by Gasteiger charge is -1.90. The summed E-state index contributed by atoms with van der Waals surface area (Å²) in [5.74, 6) is 0.0435. The molecule has 0 aliphatic heterocycles.